The molecule has 24 heavy (non-hydrogen) atoms. The van der Waals surface area contributed by atoms with Crippen molar-refractivity contribution in [1.29, 1.82) is 0 Å². The summed E-state index contributed by atoms with van der Waals surface area (Å²) < 4.78 is 0. The van der Waals surface area contributed by atoms with Crippen LogP contribution in [-0.2, 0) is 9.59 Å². The molecule has 0 heterocycles. The largest absolute Gasteiger partial charge is 0.504 e. The van der Waals surface area contributed by atoms with Gasteiger partial charge in [0.05, 0.1) is 6.10 Å². The summed E-state index contributed by atoms with van der Waals surface area (Å²) in [5.41, 5.74) is 0.311. The van der Waals surface area contributed by atoms with Crippen molar-refractivity contribution in [1.82, 2.24) is 0 Å². The lowest BCUT2D eigenvalue weighted by Crippen LogP contribution is -2.52. The van der Waals surface area contributed by atoms with Gasteiger partial charge in [-0.05, 0) is 36.5 Å². The van der Waals surface area contributed by atoms with Crippen molar-refractivity contribution in [2.45, 2.75) is 66.4 Å². The molecule has 0 amide bonds. The molecule has 4 nitrogen and oxygen atoms in total. The molecule has 0 bridgehead atoms. The first kappa shape index (κ1) is 17.4. The van der Waals surface area contributed by atoms with Crippen molar-refractivity contribution in [2.24, 2.45) is 22.7 Å². The van der Waals surface area contributed by atoms with E-state index in [9.17, 15) is 19.8 Å². The molecule has 132 valence electrons. The summed E-state index contributed by atoms with van der Waals surface area (Å²) in [6.07, 6.45) is 2.43. The summed E-state index contributed by atoms with van der Waals surface area (Å²) in [6, 6.07) is 0. The Morgan fingerprint density at radius 2 is 1.71 bits per heavy atom. The molecule has 3 rings (SSSR count). The van der Waals surface area contributed by atoms with E-state index in [4.69, 9.17) is 0 Å². The van der Waals surface area contributed by atoms with E-state index < -0.39 is 23.1 Å². The Balaban J connectivity index is 2.22. The second-order valence-electron chi connectivity index (χ2n) is 8.93. The quantitative estimate of drug-likeness (QED) is 0.721. The Bertz CT molecular complexity index is 680. The SMILES string of the molecule is CC(C)C1=C(O)C(=O)C2=C(C1=O)[C@@H](O)C[C@H]1C(C)(C)CCC[C@]21C. The summed E-state index contributed by atoms with van der Waals surface area (Å²) in [4.78, 5) is 26.0. The number of fused-ring (bicyclic) bond motifs is 2. The molecule has 0 unspecified atom stereocenters. The first-order valence-electron chi connectivity index (χ1n) is 8.97. The van der Waals surface area contributed by atoms with Gasteiger partial charge in [0.15, 0.2) is 11.5 Å². The molecule has 0 radical (unpaired) electrons. The number of ketones is 2. The smallest absolute Gasteiger partial charge is 0.224 e. The Kier molecular flexibility index (Phi) is 3.83. The highest BCUT2D eigenvalue weighted by Gasteiger charge is 2.57. The highest BCUT2D eigenvalue weighted by atomic mass is 16.3. The Hall–Kier alpha value is -1.42. The van der Waals surface area contributed by atoms with Crippen LogP contribution in [0.1, 0.15) is 60.3 Å². The fourth-order valence-corrected chi connectivity index (χ4v) is 5.49. The van der Waals surface area contributed by atoms with Gasteiger partial charge in [-0.1, -0.05) is 41.0 Å². The van der Waals surface area contributed by atoms with E-state index in [1.54, 1.807) is 13.8 Å². The average Bonchev–Trinajstić information content (AvgIpc) is 2.45. The van der Waals surface area contributed by atoms with Gasteiger partial charge in [0.25, 0.3) is 0 Å². The molecular formula is C20H28O4. The van der Waals surface area contributed by atoms with E-state index >= 15 is 0 Å². The van der Waals surface area contributed by atoms with Crippen LogP contribution in [0.4, 0.5) is 0 Å². The first-order chi connectivity index (χ1) is 11.0. The van der Waals surface area contributed by atoms with Crippen LogP contribution in [-0.4, -0.2) is 27.9 Å². The lowest BCUT2D eigenvalue weighted by atomic mass is 9.48. The molecule has 3 aliphatic carbocycles. The van der Waals surface area contributed by atoms with E-state index in [0.29, 0.717) is 12.0 Å². The number of carbonyl (C=O) groups is 2. The first-order valence-corrected chi connectivity index (χ1v) is 8.97. The van der Waals surface area contributed by atoms with Gasteiger partial charge in [-0.2, -0.15) is 0 Å². The number of rotatable bonds is 1. The maximum atomic E-state index is 13.0. The highest BCUT2D eigenvalue weighted by Crippen LogP contribution is 2.60. The van der Waals surface area contributed by atoms with Crippen molar-refractivity contribution >= 4 is 11.6 Å². The van der Waals surface area contributed by atoms with Crippen molar-refractivity contribution in [3.63, 3.8) is 0 Å². The van der Waals surface area contributed by atoms with E-state index in [1.807, 2.05) is 6.92 Å². The van der Waals surface area contributed by atoms with Crippen LogP contribution in [0.2, 0.25) is 0 Å². The second kappa shape index (κ2) is 5.29. The van der Waals surface area contributed by atoms with Gasteiger partial charge in [0, 0.05) is 22.1 Å². The Labute approximate surface area is 143 Å². The van der Waals surface area contributed by atoms with Crippen molar-refractivity contribution < 1.29 is 19.8 Å². The second-order valence-corrected chi connectivity index (χ2v) is 8.93. The highest BCUT2D eigenvalue weighted by molar-refractivity contribution is 6.25. The summed E-state index contributed by atoms with van der Waals surface area (Å²) in [5, 5.41) is 21.2. The predicted octanol–water partition coefficient (Wildman–Crippen LogP) is 3.50. The number of carbonyl (C=O) groups excluding carboxylic acids is 2. The molecule has 0 saturated heterocycles. The zero-order chi connectivity index (χ0) is 18.0. The minimum absolute atomic E-state index is 0.00645. The van der Waals surface area contributed by atoms with Crippen LogP contribution in [0.3, 0.4) is 0 Å². The molecule has 3 atom stereocenters. The zero-order valence-corrected chi connectivity index (χ0v) is 15.3. The molecule has 0 aromatic heterocycles. The van der Waals surface area contributed by atoms with Crippen LogP contribution < -0.4 is 0 Å². The predicted molar refractivity (Wildman–Crippen MR) is 91.4 cm³/mol. The molecule has 0 aliphatic heterocycles. The summed E-state index contributed by atoms with van der Waals surface area (Å²) in [6.45, 7) is 9.96. The molecule has 0 aromatic carbocycles. The number of aliphatic hydroxyl groups excluding tert-OH is 2. The fourth-order valence-electron chi connectivity index (χ4n) is 5.49. The standard InChI is InChI=1S/C20H28O4/c1-10(2)13-16(22)14-11(21)9-12-19(3,4)7-6-8-20(12,5)15(14)18(24)17(13)23/h10-12,21,23H,6-9H2,1-5H3/t11-,12-,20-/m0/s1. The van der Waals surface area contributed by atoms with Crippen LogP contribution in [0, 0.1) is 22.7 Å². The van der Waals surface area contributed by atoms with Gasteiger partial charge in [0.2, 0.25) is 5.78 Å². The number of Topliss-reactive ketones (excluding diaryl/α,β-unsaturated/α-hetero) is 2. The molecule has 1 fully saturated rings. The third-order valence-electron chi connectivity index (χ3n) is 6.63. The molecule has 0 spiro atoms. The van der Waals surface area contributed by atoms with Crippen LogP contribution >= 0.6 is 0 Å². The number of aliphatic hydroxyl groups is 2. The van der Waals surface area contributed by atoms with Gasteiger partial charge in [0.1, 0.15) is 0 Å². The zero-order valence-electron chi connectivity index (χ0n) is 15.3. The third-order valence-corrected chi connectivity index (χ3v) is 6.63. The third kappa shape index (κ3) is 2.15. The Morgan fingerprint density at radius 1 is 1.08 bits per heavy atom. The van der Waals surface area contributed by atoms with E-state index in [0.717, 1.165) is 19.3 Å². The normalized spacial score (nSPS) is 36.1. The van der Waals surface area contributed by atoms with Gasteiger partial charge >= 0.3 is 0 Å². The topological polar surface area (TPSA) is 74.6 Å². The summed E-state index contributed by atoms with van der Waals surface area (Å²) in [7, 11) is 0. The number of hydrogen-bond donors (Lipinski definition) is 2. The molecular weight excluding hydrogens is 304 g/mol. The van der Waals surface area contributed by atoms with Gasteiger partial charge < -0.3 is 10.2 Å². The summed E-state index contributed by atoms with van der Waals surface area (Å²) in [5.74, 6) is -1.33. The van der Waals surface area contributed by atoms with Crippen LogP contribution in [0.15, 0.2) is 22.5 Å². The van der Waals surface area contributed by atoms with Gasteiger partial charge in [-0.15, -0.1) is 0 Å². The number of allylic oxidation sites excluding steroid dienone is 2. The minimum atomic E-state index is -0.922. The molecule has 2 N–H and O–H groups in total. The lowest BCUT2D eigenvalue weighted by Gasteiger charge is -2.56. The Morgan fingerprint density at radius 3 is 2.29 bits per heavy atom. The maximum Gasteiger partial charge on any atom is 0.224 e. The van der Waals surface area contributed by atoms with Crippen molar-refractivity contribution in [2.75, 3.05) is 0 Å². The molecule has 1 saturated carbocycles. The number of hydrogen-bond acceptors (Lipinski definition) is 4. The van der Waals surface area contributed by atoms with Crippen molar-refractivity contribution in [3.05, 3.63) is 22.5 Å². The monoisotopic (exact) mass is 332 g/mol. The lowest BCUT2D eigenvalue weighted by molar-refractivity contribution is -0.124. The average molecular weight is 332 g/mol. The van der Waals surface area contributed by atoms with Crippen LogP contribution in [0.25, 0.3) is 0 Å². The maximum absolute atomic E-state index is 13.0. The van der Waals surface area contributed by atoms with E-state index in [2.05, 4.69) is 13.8 Å². The minimum Gasteiger partial charge on any atom is -0.504 e. The summed E-state index contributed by atoms with van der Waals surface area (Å²) >= 11 is 0. The molecule has 4 heteroatoms. The van der Waals surface area contributed by atoms with E-state index in [-0.39, 0.29) is 34.2 Å². The van der Waals surface area contributed by atoms with E-state index in [1.165, 1.54) is 0 Å². The van der Waals surface area contributed by atoms with Gasteiger partial charge in [-0.25, -0.2) is 0 Å². The van der Waals surface area contributed by atoms with Crippen LogP contribution in [0.5, 0.6) is 0 Å². The molecule has 0 aromatic rings. The van der Waals surface area contributed by atoms with Gasteiger partial charge in [-0.3, -0.25) is 9.59 Å². The fraction of sp³-hybridized carbons (Fsp3) is 0.700. The molecule has 3 aliphatic rings. The van der Waals surface area contributed by atoms with Crippen molar-refractivity contribution in [3.8, 4) is 0 Å².